The molecule has 3 rings (SSSR count). The van der Waals surface area contributed by atoms with Crippen LogP contribution in [0.25, 0.3) is 0 Å². The van der Waals surface area contributed by atoms with Crippen molar-refractivity contribution >= 4 is 53.1 Å². The van der Waals surface area contributed by atoms with Gasteiger partial charge in [-0.2, -0.15) is 0 Å². The molecule has 0 aliphatic carbocycles. The molecule has 0 aromatic carbocycles. The summed E-state index contributed by atoms with van der Waals surface area (Å²) < 4.78 is 10.1. The Labute approximate surface area is 178 Å². The summed E-state index contributed by atoms with van der Waals surface area (Å²) >= 11 is 2.67. The number of carbonyl (C=O) groups is 4. The Kier molecular flexibility index (Phi) is 6.77. The first-order valence-corrected chi connectivity index (χ1v) is 10.6. The van der Waals surface area contributed by atoms with E-state index in [9.17, 15) is 24.3 Å². The molecule has 0 spiro atoms. The third-order valence-electron chi connectivity index (χ3n) is 4.21. The number of primary amides is 1. The second-order valence-electron chi connectivity index (χ2n) is 6.05. The average Bonchev–Trinajstić information content (AvgIpc) is 2.73. The van der Waals surface area contributed by atoms with Crippen molar-refractivity contribution in [2.45, 2.75) is 11.4 Å². The largest absolute Gasteiger partial charge is 0.490 e. The fraction of sp³-hybridized carbons (Fsp3) is 0.438. The van der Waals surface area contributed by atoms with E-state index >= 15 is 0 Å². The number of carboxylic acid groups (broad SMARTS) is 1. The first-order valence-electron chi connectivity index (χ1n) is 8.54. The molecule has 30 heavy (non-hydrogen) atoms. The molecule has 3 heterocycles. The lowest BCUT2D eigenvalue weighted by atomic mass is 10.0. The Balaban J connectivity index is 1.75. The summed E-state index contributed by atoms with van der Waals surface area (Å²) in [5.74, 6) is -1.51. The highest BCUT2D eigenvalue weighted by Gasteiger charge is 2.54. The van der Waals surface area contributed by atoms with Gasteiger partial charge in [0.15, 0.2) is 5.76 Å². The molecular formula is C16H18N4O8S2. The van der Waals surface area contributed by atoms with Gasteiger partial charge in [-0.15, -0.1) is 23.5 Å². The fourth-order valence-corrected chi connectivity index (χ4v) is 4.90. The SMILES string of the molecule is CO/N=C(\C(=O)NC1C(=O)N2C(C(=O)O)=C(COC(N)=O)CS[C@H]12)C1=CSCCO1. The normalized spacial score (nSPS) is 23.5. The molecule has 0 aromatic heterocycles. The van der Waals surface area contributed by atoms with Crippen LogP contribution in [0.15, 0.2) is 27.6 Å². The van der Waals surface area contributed by atoms with Gasteiger partial charge in [-0.1, -0.05) is 5.16 Å². The molecule has 3 aliphatic heterocycles. The summed E-state index contributed by atoms with van der Waals surface area (Å²) in [6.07, 6.45) is -1.05. The van der Waals surface area contributed by atoms with Gasteiger partial charge in [-0.3, -0.25) is 14.5 Å². The molecule has 1 fully saturated rings. The lowest BCUT2D eigenvalue weighted by molar-refractivity contribution is -0.150. The van der Waals surface area contributed by atoms with E-state index in [1.165, 1.54) is 30.6 Å². The topological polar surface area (TPSA) is 170 Å². The van der Waals surface area contributed by atoms with E-state index in [0.717, 1.165) is 10.7 Å². The zero-order chi connectivity index (χ0) is 21.8. The van der Waals surface area contributed by atoms with Gasteiger partial charge in [-0.25, -0.2) is 9.59 Å². The van der Waals surface area contributed by atoms with Crippen molar-refractivity contribution < 1.29 is 38.6 Å². The molecule has 162 valence electrons. The number of oxime groups is 1. The first kappa shape index (κ1) is 21.8. The number of hydrogen-bond donors (Lipinski definition) is 3. The van der Waals surface area contributed by atoms with Crippen LogP contribution in [0.4, 0.5) is 4.79 Å². The van der Waals surface area contributed by atoms with Crippen molar-refractivity contribution in [1.82, 2.24) is 10.2 Å². The van der Waals surface area contributed by atoms with Crippen LogP contribution in [0.5, 0.6) is 0 Å². The number of ether oxygens (including phenoxy) is 2. The highest BCUT2D eigenvalue weighted by molar-refractivity contribution is 8.02. The number of hydrogen-bond acceptors (Lipinski definition) is 10. The Hall–Kier alpha value is -2.87. The number of nitrogens with two attached hydrogens (primary N) is 1. The lowest BCUT2D eigenvalue weighted by Crippen LogP contribution is -2.71. The number of amides is 3. The molecular weight excluding hydrogens is 440 g/mol. The molecule has 0 radical (unpaired) electrons. The maximum Gasteiger partial charge on any atom is 0.404 e. The number of carboxylic acids is 1. The van der Waals surface area contributed by atoms with E-state index in [-0.39, 0.29) is 35.1 Å². The lowest BCUT2D eigenvalue weighted by Gasteiger charge is -2.49. The van der Waals surface area contributed by atoms with Crippen LogP contribution in [0.3, 0.4) is 0 Å². The molecule has 3 aliphatic rings. The van der Waals surface area contributed by atoms with Crippen molar-refractivity contribution in [1.29, 1.82) is 0 Å². The third kappa shape index (κ3) is 4.33. The van der Waals surface area contributed by atoms with Crippen LogP contribution in [-0.2, 0) is 28.7 Å². The number of carbonyl (C=O) groups excluding carboxylic acids is 3. The minimum atomic E-state index is -1.35. The first-order chi connectivity index (χ1) is 14.3. The zero-order valence-electron chi connectivity index (χ0n) is 15.7. The molecule has 1 saturated heterocycles. The van der Waals surface area contributed by atoms with Crippen molar-refractivity contribution in [3.63, 3.8) is 0 Å². The summed E-state index contributed by atoms with van der Waals surface area (Å²) in [6, 6.07) is -0.964. The molecule has 3 amide bonds. The van der Waals surface area contributed by atoms with Crippen LogP contribution in [0, 0.1) is 0 Å². The quantitative estimate of drug-likeness (QED) is 0.255. The van der Waals surface area contributed by atoms with Gasteiger partial charge in [0.1, 0.15) is 30.8 Å². The highest BCUT2D eigenvalue weighted by Crippen LogP contribution is 2.40. The summed E-state index contributed by atoms with van der Waals surface area (Å²) in [6.45, 7) is 0.0509. The zero-order valence-corrected chi connectivity index (χ0v) is 17.3. The van der Waals surface area contributed by atoms with Gasteiger partial charge in [0, 0.05) is 22.5 Å². The second kappa shape index (κ2) is 9.30. The number of fused-ring (bicyclic) bond motifs is 1. The summed E-state index contributed by atoms with van der Waals surface area (Å²) in [5.41, 5.74) is 4.75. The Bertz CT molecular complexity index is 871. The molecule has 2 atom stereocenters. The van der Waals surface area contributed by atoms with E-state index in [4.69, 9.17) is 15.3 Å². The molecule has 0 bridgehead atoms. The number of nitrogens with zero attached hydrogens (tertiary/aromatic N) is 2. The Morgan fingerprint density at radius 3 is 2.83 bits per heavy atom. The molecule has 1 unspecified atom stereocenters. The van der Waals surface area contributed by atoms with Gasteiger partial charge in [0.2, 0.25) is 5.71 Å². The number of aliphatic carboxylic acids is 1. The van der Waals surface area contributed by atoms with E-state index in [0.29, 0.717) is 6.61 Å². The molecule has 0 saturated carbocycles. The Morgan fingerprint density at radius 1 is 1.47 bits per heavy atom. The van der Waals surface area contributed by atoms with Gasteiger partial charge >= 0.3 is 12.1 Å². The second-order valence-corrected chi connectivity index (χ2v) is 8.13. The van der Waals surface area contributed by atoms with Crippen LogP contribution in [0.2, 0.25) is 0 Å². The minimum absolute atomic E-state index is 0.124. The van der Waals surface area contributed by atoms with Crippen molar-refractivity contribution in [3.05, 3.63) is 22.4 Å². The summed E-state index contributed by atoms with van der Waals surface area (Å²) in [4.78, 5) is 53.6. The van der Waals surface area contributed by atoms with E-state index in [2.05, 4.69) is 15.2 Å². The molecule has 14 heteroatoms. The highest BCUT2D eigenvalue weighted by atomic mass is 32.2. The predicted octanol–water partition coefficient (Wildman–Crippen LogP) is -0.572. The van der Waals surface area contributed by atoms with Crippen molar-refractivity contribution in [2.75, 3.05) is 31.8 Å². The van der Waals surface area contributed by atoms with E-state index in [1.54, 1.807) is 5.41 Å². The molecule has 4 N–H and O–H groups in total. The van der Waals surface area contributed by atoms with Gasteiger partial charge in [-0.05, 0) is 0 Å². The number of thioether (sulfide) groups is 2. The van der Waals surface area contributed by atoms with Gasteiger partial charge in [0.05, 0.1) is 6.61 Å². The minimum Gasteiger partial charge on any atom is -0.490 e. The van der Waals surface area contributed by atoms with Crippen molar-refractivity contribution in [2.24, 2.45) is 10.9 Å². The fourth-order valence-electron chi connectivity index (χ4n) is 2.94. The average molecular weight is 458 g/mol. The van der Waals surface area contributed by atoms with Gasteiger partial charge in [0.25, 0.3) is 11.8 Å². The smallest absolute Gasteiger partial charge is 0.404 e. The van der Waals surface area contributed by atoms with Crippen LogP contribution >= 0.6 is 23.5 Å². The number of β-lactam (4-membered cyclic amide) rings is 1. The summed E-state index contributed by atoms with van der Waals surface area (Å²) in [5, 5.41) is 16.8. The maximum atomic E-state index is 12.7. The Morgan fingerprint density at radius 2 is 2.23 bits per heavy atom. The third-order valence-corrected chi connectivity index (χ3v) is 6.33. The van der Waals surface area contributed by atoms with Crippen LogP contribution in [-0.4, -0.2) is 82.8 Å². The summed E-state index contributed by atoms with van der Waals surface area (Å²) in [7, 11) is 1.27. The van der Waals surface area contributed by atoms with Crippen molar-refractivity contribution in [3.8, 4) is 0 Å². The monoisotopic (exact) mass is 458 g/mol. The van der Waals surface area contributed by atoms with Crippen LogP contribution < -0.4 is 11.1 Å². The molecule has 12 nitrogen and oxygen atoms in total. The maximum absolute atomic E-state index is 12.7. The van der Waals surface area contributed by atoms with Gasteiger partial charge < -0.3 is 30.5 Å². The van der Waals surface area contributed by atoms with E-state index in [1.807, 2.05) is 0 Å². The standard InChI is InChI=1S/C16H18N4O8S2/c1-26-19-9(8-6-29-3-2-27-8)12(21)18-10-13(22)20-11(15(23)24)7(4-28-16(17)25)5-30-14(10)20/h6,10,14H,2-5H2,1H3,(H2,17,25)(H,18,21)(H,23,24)/b19-9-/t10?,14-/m1/s1. The number of rotatable bonds is 7. The van der Waals surface area contributed by atoms with Crippen LogP contribution in [0.1, 0.15) is 0 Å². The van der Waals surface area contributed by atoms with E-state index < -0.39 is 35.3 Å². The number of nitrogens with one attached hydrogen (secondary N) is 1. The molecule has 0 aromatic rings. The predicted molar refractivity (Wildman–Crippen MR) is 106 cm³/mol.